The van der Waals surface area contributed by atoms with Gasteiger partial charge in [-0.1, -0.05) is 76.9 Å². The van der Waals surface area contributed by atoms with Gasteiger partial charge < -0.3 is 5.11 Å². The second kappa shape index (κ2) is 10.1. The number of Topliss-reactive ketones (excluding diaryl/α,β-unsaturated/α-hetero) is 3. The van der Waals surface area contributed by atoms with Crippen LogP contribution in [0.2, 0.25) is 0 Å². The SMILES string of the molecule is CC(C)=CC[C@H]1C[C@@]2(CC=C(C)C)C(=O)[C@]3(CC=C(C)C)CC14C[C@@H](C=C(C)C)C(C(=O)c1ccccc1)(C3=O)[C@]42O. The fraction of sp³-hybridized carbons (Fsp3) is 0.553. The zero-order valence-electron chi connectivity index (χ0n) is 26.8. The number of benzene rings is 1. The molecule has 1 aromatic rings. The Bertz CT molecular complexity index is 1440. The molecule has 0 spiro atoms. The lowest BCUT2D eigenvalue weighted by Crippen LogP contribution is -2.81. The molecule has 4 nitrogen and oxygen atoms in total. The van der Waals surface area contributed by atoms with Crippen molar-refractivity contribution in [1.82, 2.24) is 0 Å². The van der Waals surface area contributed by atoms with Crippen LogP contribution < -0.4 is 0 Å². The monoisotopic (exact) mass is 568 g/mol. The number of carbonyl (C=O) groups is 3. The van der Waals surface area contributed by atoms with Crippen LogP contribution in [0.5, 0.6) is 0 Å². The van der Waals surface area contributed by atoms with Gasteiger partial charge in [-0.2, -0.15) is 0 Å². The van der Waals surface area contributed by atoms with Gasteiger partial charge in [0.05, 0.1) is 10.8 Å². The van der Waals surface area contributed by atoms with E-state index in [1.165, 1.54) is 5.57 Å². The average molecular weight is 569 g/mol. The molecule has 7 atom stereocenters. The van der Waals surface area contributed by atoms with Crippen LogP contribution in [0.25, 0.3) is 0 Å². The summed E-state index contributed by atoms with van der Waals surface area (Å²) in [4.78, 5) is 45.8. The van der Waals surface area contributed by atoms with Gasteiger partial charge >= 0.3 is 0 Å². The van der Waals surface area contributed by atoms with Gasteiger partial charge in [0, 0.05) is 16.9 Å². The number of aliphatic hydroxyl groups is 1. The summed E-state index contributed by atoms with van der Waals surface area (Å²) in [7, 11) is 0. The Morgan fingerprint density at radius 3 is 1.98 bits per heavy atom. The summed E-state index contributed by atoms with van der Waals surface area (Å²) in [5.41, 5.74) is -2.10. The largest absolute Gasteiger partial charge is 0.387 e. The van der Waals surface area contributed by atoms with Gasteiger partial charge in [-0.25, -0.2) is 0 Å². The Morgan fingerprint density at radius 1 is 0.810 bits per heavy atom. The number of allylic oxidation sites excluding steroid dienone is 8. The van der Waals surface area contributed by atoms with Gasteiger partial charge in [0.1, 0.15) is 11.0 Å². The smallest absolute Gasteiger partial charge is 0.180 e. The third kappa shape index (κ3) is 3.66. The Hall–Kier alpha value is -2.85. The third-order valence-corrected chi connectivity index (χ3v) is 11.2. The van der Waals surface area contributed by atoms with Crippen LogP contribution in [0, 0.1) is 33.5 Å². The summed E-state index contributed by atoms with van der Waals surface area (Å²) >= 11 is 0. The molecule has 5 aliphatic rings. The van der Waals surface area contributed by atoms with Crippen molar-refractivity contribution in [3.8, 4) is 0 Å². The first-order chi connectivity index (χ1) is 19.7. The topological polar surface area (TPSA) is 71.4 Å². The Labute approximate surface area is 252 Å². The molecule has 5 aliphatic carbocycles. The highest BCUT2D eigenvalue weighted by atomic mass is 16.3. The Morgan fingerprint density at radius 2 is 1.40 bits per heavy atom. The maximum atomic E-state index is 15.4. The first kappa shape index (κ1) is 30.6. The summed E-state index contributed by atoms with van der Waals surface area (Å²) in [6.07, 6.45) is 11.0. The number of carbonyl (C=O) groups excluding carboxylic acids is 3. The molecule has 2 unspecified atom stereocenters. The van der Waals surface area contributed by atoms with Gasteiger partial charge in [0.25, 0.3) is 0 Å². The second-order valence-electron chi connectivity index (χ2n) is 14.8. The molecule has 0 radical (unpaired) electrons. The summed E-state index contributed by atoms with van der Waals surface area (Å²) in [5.74, 6) is -1.32. The molecule has 42 heavy (non-hydrogen) atoms. The van der Waals surface area contributed by atoms with E-state index in [1.54, 1.807) is 12.1 Å². The van der Waals surface area contributed by atoms with Crippen LogP contribution in [0.4, 0.5) is 0 Å². The fourth-order valence-corrected chi connectivity index (χ4v) is 9.87. The number of hydrogen-bond donors (Lipinski definition) is 1. The van der Waals surface area contributed by atoms with Crippen molar-refractivity contribution >= 4 is 17.3 Å². The summed E-state index contributed by atoms with van der Waals surface area (Å²) in [6, 6.07) is 9.01. The normalized spacial score (nSPS) is 37.4. The highest BCUT2D eigenvalue weighted by Crippen LogP contribution is 2.87. The minimum Gasteiger partial charge on any atom is -0.387 e. The molecule has 0 heterocycles. The molecule has 5 bridgehead atoms. The van der Waals surface area contributed by atoms with E-state index in [0.717, 1.165) is 23.1 Å². The molecule has 0 amide bonds. The van der Waals surface area contributed by atoms with Crippen LogP contribution in [0.3, 0.4) is 0 Å². The van der Waals surface area contributed by atoms with E-state index in [9.17, 15) is 5.11 Å². The van der Waals surface area contributed by atoms with Gasteiger partial charge in [-0.05, 0) is 99.8 Å². The van der Waals surface area contributed by atoms with Crippen molar-refractivity contribution in [1.29, 1.82) is 0 Å². The van der Waals surface area contributed by atoms with Crippen molar-refractivity contribution in [2.24, 2.45) is 33.5 Å². The van der Waals surface area contributed by atoms with E-state index < -0.39 is 33.2 Å². The summed E-state index contributed by atoms with van der Waals surface area (Å²) < 4.78 is 0. The molecule has 5 fully saturated rings. The average Bonchev–Trinajstić information content (AvgIpc) is 3.18. The summed E-state index contributed by atoms with van der Waals surface area (Å²) in [5, 5.41) is 13.7. The highest BCUT2D eigenvalue weighted by Gasteiger charge is 2.96. The van der Waals surface area contributed by atoms with E-state index >= 15 is 14.4 Å². The van der Waals surface area contributed by atoms with Crippen molar-refractivity contribution in [3.63, 3.8) is 0 Å². The van der Waals surface area contributed by atoms with E-state index in [0.29, 0.717) is 31.2 Å². The number of ketones is 3. The lowest BCUT2D eigenvalue weighted by molar-refractivity contribution is -0.238. The van der Waals surface area contributed by atoms with Gasteiger partial charge in [-0.3, -0.25) is 14.4 Å². The predicted octanol–water partition coefficient (Wildman–Crippen LogP) is 8.18. The molecular weight excluding hydrogens is 520 g/mol. The van der Waals surface area contributed by atoms with Crippen LogP contribution >= 0.6 is 0 Å². The van der Waals surface area contributed by atoms with Gasteiger partial charge in [-0.15, -0.1) is 0 Å². The van der Waals surface area contributed by atoms with Crippen LogP contribution in [0.1, 0.15) is 104 Å². The standard InChI is InChI=1S/C38H48O4/c1-24(2)14-15-29-21-35(19-17-26(5)6)32(40)34(18-16-25(3)4)23-36(29)22-30(20-27(7)8)37(33(34)41,38(35,36)42)31(39)28-12-10-9-11-13-28/h9-14,16-17,20,29-30,42H,15,18-19,21-23H2,1-8H3/t29-,30+,34-,35-,36?,37?,38+/m0/s1. The van der Waals surface area contributed by atoms with E-state index in [4.69, 9.17) is 0 Å². The number of hydrogen-bond acceptors (Lipinski definition) is 4. The highest BCUT2D eigenvalue weighted by molar-refractivity contribution is 6.28. The van der Waals surface area contributed by atoms with E-state index in [1.807, 2.05) is 65.8 Å². The minimum atomic E-state index is -1.79. The molecular formula is C38H48O4. The fourth-order valence-electron chi connectivity index (χ4n) is 9.87. The molecule has 1 N–H and O–H groups in total. The summed E-state index contributed by atoms with van der Waals surface area (Å²) in [6.45, 7) is 16.1. The molecule has 4 heteroatoms. The molecule has 6 rings (SSSR count). The predicted molar refractivity (Wildman–Crippen MR) is 168 cm³/mol. The van der Waals surface area contributed by atoms with Gasteiger partial charge in [0.2, 0.25) is 0 Å². The number of rotatable bonds is 9. The van der Waals surface area contributed by atoms with Crippen LogP contribution in [-0.2, 0) is 9.59 Å². The van der Waals surface area contributed by atoms with Crippen molar-refractivity contribution in [2.75, 3.05) is 0 Å². The molecule has 0 saturated heterocycles. The zero-order chi connectivity index (χ0) is 30.9. The van der Waals surface area contributed by atoms with E-state index in [-0.39, 0.29) is 29.7 Å². The Balaban J connectivity index is 1.93. The van der Waals surface area contributed by atoms with Crippen molar-refractivity contribution < 1.29 is 19.5 Å². The first-order valence-corrected chi connectivity index (χ1v) is 15.6. The maximum absolute atomic E-state index is 15.4. The van der Waals surface area contributed by atoms with Crippen LogP contribution in [-0.4, -0.2) is 28.1 Å². The third-order valence-electron chi connectivity index (χ3n) is 11.2. The second-order valence-corrected chi connectivity index (χ2v) is 14.8. The van der Waals surface area contributed by atoms with E-state index in [2.05, 4.69) is 32.1 Å². The van der Waals surface area contributed by atoms with Crippen LogP contribution in [0.15, 0.2) is 76.9 Å². The minimum absolute atomic E-state index is 0.0212. The Kier molecular flexibility index (Phi) is 7.37. The first-order valence-electron chi connectivity index (χ1n) is 15.6. The lowest BCUT2D eigenvalue weighted by atomic mass is 9.34. The van der Waals surface area contributed by atoms with Crippen molar-refractivity contribution in [2.45, 2.75) is 99.5 Å². The lowest BCUT2D eigenvalue weighted by Gasteiger charge is -2.67. The van der Waals surface area contributed by atoms with Gasteiger partial charge in [0.15, 0.2) is 17.3 Å². The molecule has 0 aliphatic heterocycles. The molecule has 1 aromatic carbocycles. The maximum Gasteiger partial charge on any atom is 0.180 e. The molecule has 5 saturated carbocycles. The zero-order valence-corrected chi connectivity index (χ0v) is 26.8. The molecule has 224 valence electrons. The quantitative estimate of drug-likeness (QED) is 0.185. The van der Waals surface area contributed by atoms with Crippen molar-refractivity contribution in [3.05, 3.63) is 82.5 Å². The molecule has 0 aromatic heterocycles.